The van der Waals surface area contributed by atoms with Crippen molar-refractivity contribution >= 4 is 11.8 Å². The van der Waals surface area contributed by atoms with E-state index in [-0.39, 0.29) is 5.69 Å². The molecule has 98 valence electrons. The lowest BCUT2D eigenvalue weighted by Crippen LogP contribution is -2.45. The topological polar surface area (TPSA) is 56.7 Å². The second-order valence-electron chi connectivity index (χ2n) is 4.89. The number of rotatable bonds is 3. The van der Waals surface area contributed by atoms with E-state index in [9.17, 15) is 4.79 Å². The summed E-state index contributed by atoms with van der Waals surface area (Å²) >= 11 is 0. The molecule has 0 saturated carbocycles. The van der Waals surface area contributed by atoms with Crippen LogP contribution < -0.4 is 4.90 Å². The Bertz CT molecular complexity index is 434. The van der Waals surface area contributed by atoms with Gasteiger partial charge in [0.2, 0.25) is 0 Å². The van der Waals surface area contributed by atoms with Crippen LogP contribution in [0, 0.1) is 0 Å². The van der Waals surface area contributed by atoms with Gasteiger partial charge in [-0.1, -0.05) is 6.07 Å². The molecule has 2 rings (SSSR count). The molecule has 1 unspecified atom stereocenters. The number of hydrogen-bond acceptors (Lipinski definition) is 4. The SMILES string of the molecule is CN(C)C1CCCN(c2cccc(C(=O)O)n2)C1. The van der Waals surface area contributed by atoms with Crippen LogP contribution in [0.4, 0.5) is 5.82 Å². The van der Waals surface area contributed by atoms with Gasteiger partial charge in [0.1, 0.15) is 5.82 Å². The van der Waals surface area contributed by atoms with Crippen molar-refractivity contribution in [3.05, 3.63) is 23.9 Å². The van der Waals surface area contributed by atoms with Crippen LogP contribution in [0.5, 0.6) is 0 Å². The number of carboxylic acids is 1. The predicted molar refractivity (Wildman–Crippen MR) is 70.1 cm³/mol. The minimum atomic E-state index is -0.974. The van der Waals surface area contributed by atoms with Gasteiger partial charge in [-0.15, -0.1) is 0 Å². The third-order valence-electron chi connectivity index (χ3n) is 3.40. The minimum absolute atomic E-state index is 0.111. The van der Waals surface area contributed by atoms with Crippen LogP contribution in [-0.4, -0.2) is 54.2 Å². The fourth-order valence-corrected chi connectivity index (χ4v) is 2.30. The Kier molecular flexibility index (Phi) is 3.81. The highest BCUT2D eigenvalue weighted by molar-refractivity contribution is 5.85. The van der Waals surface area contributed by atoms with Crippen molar-refractivity contribution in [2.24, 2.45) is 0 Å². The zero-order valence-electron chi connectivity index (χ0n) is 10.8. The van der Waals surface area contributed by atoms with E-state index in [0.29, 0.717) is 6.04 Å². The summed E-state index contributed by atoms with van der Waals surface area (Å²) < 4.78 is 0. The summed E-state index contributed by atoms with van der Waals surface area (Å²) in [7, 11) is 4.16. The van der Waals surface area contributed by atoms with Crippen molar-refractivity contribution in [2.75, 3.05) is 32.1 Å². The minimum Gasteiger partial charge on any atom is -0.477 e. The van der Waals surface area contributed by atoms with Gasteiger partial charge in [0.15, 0.2) is 5.69 Å². The lowest BCUT2D eigenvalue weighted by molar-refractivity contribution is 0.0690. The number of piperidine rings is 1. The van der Waals surface area contributed by atoms with Gasteiger partial charge in [-0.2, -0.15) is 0 Å². The van der Waals surface area contributed by atoms with Crippen LogP contribution in [0.1, 0.15) is 23.3 Å². The summed E-state index contributed by atoms with van der Waals surface area (Å²) in [4.78, 5) is 19.5. The molecule has 1 aromatic heterocycles. The van der Waals surface area contributed by atoms with Crippen molar-refractivity contribution < 1.29 is 9.90 Å². The number of aromatic carboxylic acids is 1. The zero-order valence-corrected chi connectivity index (χ0v) is 10.8. The van der Waals surface area contributed by atoms with Gasteiger partial charge in [0.05, 0.1) is 0 Å². The summed E-state index contributed by atoms with van der Waals surface area (Å²) in [5.41, 5.74) is 0.111. The van der Waals surface area contributed by atoms with Crippen LogP contribution in [-0.2, 0) is 0 Å². The molecule has 0 radical (unpaired) electrons. The largest absolute Gasteiger partial charge is 0.477 e. The van der Waals surface area contributed by atoms with Crippen LogP contribution in [0.3, 0.4) is 0 Å². The van der Waals surface area contributed by atoms with E-state index < -0.39 is 5.97 Å². The molecule has 1 fully saturated rings. The highest BCUT2D eigenvalue weighted by Gasteiger charge is 2.22. The fourth-order valence-electron chi connectivity index (χ4n) is 2.30. The number of carboxylic acid groups (broad SMARTS) is 1. The molecule has 1 N–H and O–H groups in total. The maximum absolute atomic E-state index is 10.9. The number of carbonyl (C=O) groups is 1. The number of anilines is 1. The number of nitrogens with zero attached hydrogens (tertiary/aromatic N) is 3. The van der Waals surface area contributed by atoms with Crippen molar-refractivity contribution in [2.45, 2.75) is 18.9 Å². The second-order valence-corrected chi connectivity index (χ2v) is 4.89. The van der Waals surface area contributed by atoms with E-state index in [4.69, 9.17) is 5.11 Å². The Morgan fingerprint density at radius 2 is 2.28 bits per heavy atom. The Balaban J connectivity index is 2.15. The zero-order chi connectivity index (χ0) is 13.1. The van der Waals surface area contributed by atoms with Gasteiger partial charge in [-0.3, -0.25) is 0 Å². The highest BCUT2D eigenvalue weighted by Crippen LogP contribution is 2.20. The van der Waals surface area contributed by atoms with Crippen molar-refractivity contribution in [3.63, 3.8) is 0 Å². The van der Waals surface area contributed by atoms with E-state index in [1.807, 2.05) is 6.07 Å². The van der Waals surface area contributed by atoms with Crippen LogP contribution >= 0.6 is 0 Å². The third-order valence-corrected chi connectivity index (χ3v) is 3.40. The Morgan fingerprint density at radius 3 is 2.94 bits per heavy atom. The molecule has 0 spiro atoms. The normalized spacial score (nSPS) is 20.2. The first-order valence-corrected chi connectivity index (χ1v) is 6.19. The van der Waals surface area contributed by atoms with Crippen molar-refractivity contribution in [3.8, 4) is 0 Å². The van der Waals surface area contributed by atoms with E-state index in [0.717, 1.165) is 25.3 Å². The number of aromatic nitrogens is 1. The maximum atomic E-state index is 10.9. The average Bonchev–Trinajstić information content (AvgIpc) is 2.39. The van der Waals surface area contributed by atoms with Gasteiger partial charge in [-0.25, -0.2) is 9.78 Å². The summed E-state index contributed by atoms with van der Waals surface area (Å²) in [6.45, 7) is 1.85. The first kappa shape index (κ1) is 12.8. The van der Waals surface area contributed by atoms with E-state index in [1.54, 1.807) is 6.07 Å². The summed E-state index contributed by atoms with van der Waals surface area (Å²) in [5.74, 6) is -0.209. The second kappa shape index (κ2) is 5.35. The van der Waals surface area contributed by atoms with Crippen LogP contribution in [0.25, 0.3) is 0 Å². The molecule has 0 bridgehead atoms. The molecule has 1 atom stereocenters. The molecule has 0 amide bonds. The third kappa shape index (κ3) is 2.79. The molecule has 1 aliphatic rings. The number of likely N-dealkylation sites (N-methyl/N-ethyl adjacent to an activating group) is 1. The van der Waals surface area contributed by atoms with Crippen LogP contribution in [0.15, 0.2) is 18.2 Å². The van der Waals surface area contributed by atoms with Gasteiger partial charge >= 0.3 is 5.97 Å². The average molecular weight is 249 g/mol. The van der Waals surface area contributed by atoms with Crippen molar-refractivity contribution in [1.82, 2.24) is 9.88 Å². The van der Waals surface area contributed by atoms with Gasteiger partial charge in [-0.05, 0) is 39.1 Å². The number of pyridine rings is 1. The highest BCUT2D eigenvalue weighted by atomic mass is 16.4. The van der Waals surface area contributed by atoms with Gasteiger partial charge < -0.3 is 14.9 Å². The molecule has 2 heterocycles. The smallest absolute Gasteiger partial charge is 0.354 e. The Morgan fingerprint density at radius 1 is 1.50 bits per heavy atom. The Labute approximate surface area is 107 Å². The van der Waals surface area contributed by atoms with Crippen LogP contribution in [0.2, 0.25) is 0 Å². The Hall–Kier alpha value is -1.62. The molecule has 0 aliphatic carbocycles. The maximum Gasteiger partial charge on any atom is 0.354 e. The molecular weight excluding hydrogens is 230 g/mol. The van der Waals surface area contributed by atoms with E-state index in [1.165, 1.54) is 12.5 Å². The molecule has 0 aromatic carbocycles. The summed E-state index contributed by atoms with van der Waals surface area (Å²) in [5, 5.41) is 8.96. The molecule has 18 heavy (non-hydrogen) atoms. The lowest BCUT2D eigenvalue weighted by atomic mass is 10.0. The van der Waals surface area contributed by atoms with E-state index in [2.05, 4.69) is 28.9 Å². The number of hydrogen-bond donors (Lipinski definition) is 1. The quantitative estimate of drug-likeness (QED) is 0.875. The monoisotopic (exact) mass is 249 g/mol. The molecule has 5 heteroatoms. The molecule has 1 saturated heterocycles. The first-order chi connectivity index (χ1) is 8.58. The summed E-state index contributed by atoms with van der Waals surface area (Å²) in [6, 6.07) is 5.67. The van der Waals surface area contributed by atoms with E-state index >= 15 is 0 Å². The molecule has 5 nitrogen and oxygen atoms in total. The van der Waals surface area contributed by atoms with Gasteiger partial charge in [0.25, 0.3) is 0 Å². The molecular formula is C13H19N3O2. The predicted octanol–water partition coefficient (Wildman–Crippen LogP) is 1.31. The molecule has 1 aromatic rings. The molecule has 1 aliphatic heterocycles. The lowest BCUT2D eigenvalue weighted by Gasteiger charge is -2.36. The summed E-state index contributed by atoms with van der Waals surface area (Å²) in [6.07, 6.45) is 2.30. The van der Waals surface area contributed by atoms with Gasteiger partial charge in [0, 0.05) is 19.1 Å². The fraction of sp³-hybridized carbons (Fsp3) is 0.538. The standard InChI is InChI=1S/C13H19N3O2/c1-15(2)10-5-4-8-16(9-10)12-7-3-6-11(14-12)13(17)18/h3,6-7,10H,4-5,8-9H2,1-2H3,(H,17,18). The first-order valence-electron chi connectivity index (χ1n) is 6.19. The van der Waals surface area contributed by atoms with Crippen molar-refractivity contribution in [1.29, 1.82) is 0 Å².